The summed E-state index contributed by atoms with van der Waals surface area (Å²) in [4.78, 5) is 17.3. The molecule has 1 N–H and O–H groups in total. The number of aliphatic imine (C=N–C) groups is 1. The smallest absolute Gasteiger partial charge is 0.240 e. The maximum atomic E-state index is 11.5. The van der Waals surface area contributed by atoms with E-state index in [0.29, 0.717) is 0 Å². The molecule has 0 aliphatic heterocycles. The van der Waals surface area contributed by atoms with Crippen LogP contribution in [0.5, 0.6) is 0 Å². The maximum Gasteiger partial charge on any atom is 0.240 e. The number of nitrogens with zero attached hydrogens (tertiary/aromatic N) is 2. The Morgan fingerprint density at radius 3 is 2.56 bits per heavy atom. The molecular formula is C12H21N3O. The summed E-state index contributed by atoms with van der Waals surface area (Å²) in [5.41, 5.74) is 0. The van der Waals surface area contributed by atoms with E-state index in [-0.39, 0.29) is 18.5 Å². The van der Waals surface area contributed by atoms with Crippen LogP contribution in [-0.2, 0) is 4.79 Å². The highest BCUT2D eigenvalue weighted by molar-refractivity contribution is 5.80. The van der Waals surface area contributed by atoms with Crippen LogP contribution in [0.1, 0.15) is 27.7 Å². The van der Waals surface area contributed by atoms with Gasteiger partial charge in [0.2, 0.25) is 5.91 Å². The zero-order valence-corrected chi connectivity index (χ0v) is 10.5. The minimum Gasteiger partial charge on any atom is -0.352 e. The Kier molecular flexibility index (Phi) is 7.85. The van der Waals surface area contributed by atoms with Gasteiger partial charge in [-0.2, -0.15) is 0 Å². The molecule has 4 heteroatoms. The third-order valence-electron chi connectivity index (χ3n) is 1.57. The molecule has 0 rings (SSSR count). The Labute approximate surface area is 97.7 Å². The summed E-state index contributed by atoms with van der Waals surface area (Å²) in [6.07, 6.45) is 8.81. The van der Waals surface area contributed by atoms with Gasteiger partial charge in [0.1, 0.15) is 6.54 Å². The zero-order chi connectivity index (χ0) is 12.4. The van der Waals surface area contributed by atoms with Gasteiger partial charge in [-0.15, -0.1) is 0 Å². The van der Waals surface area contributed by atoms with Crippen molar-refractivity contribution in [1.82, 2.24) is 10.2 Å². The Morgan fingerprint density at radius 2 is 2.06 bits per heavy atom. The van der Waals surface area contributed by atoms with E-state index in [1.807, 2.05) is 46.0 Å². The fourth-order valence-electron chi connectivity index (χ4n) is 1.07. The van der Waals surface area contributed by atoms with Gasteiger partial charge < -0.3 is 10.2 Å². The number of allylic oxidation sites excluding steroid dienone is 2. The molecule has 0 atom stereocenters. The van der Waals surface area contributed by atoms with Crippen LogP contribution in [-0.4, -0.2) is 29.7 Å². The van der Waals surface area contributed by atoms with Crippen molar-refractivity contribution < 1.29 is 4.79 Å². The zero-order valence-electron chi connectivity index (χ0n) is 10.5. The number of amides is 1. The van der Waals surface area contributed by atoms with Crippen molar-refractivity contribution >= 4 is 12.2 Å². The lowest BCUT2D eigenvalue weighted by molar-refractivity contribution is -0.121. The highest BCUT2D eigenvalue weighted by Gasteiger charge is 2.05. The molecule has 1 amide bonds. The van der Waals surface area contributed by atoms with Crippen molar-refractivity contribution in [3.05, 3.63) is 24.6 Å². The van der Waals surface area contributed by atoms with Gasteiger partial charge in [-0.3, -0.25) is 4.79 Å². The maximum absolute atomic E-state index is 11.5. The molecule has 0 unspecified atom stereocenters. The van der Waals surface area contributed by atoms with Crippen molar-refractivity contribution in [2.75, 3.05) is 6.54 Å². The second-order valence-electron chi connectivity index (χ2n) is 3.62. The highest BCUT2D eigenvalue weighted by atomic mass is 16.2. The summed E-state index contributed by atoms with van der Waals surface area (Å²) in [7, 11) is 0. The molecule has 4 nitrogen and oxygen atoms in total. The molecule has 0 saturated carbocycles. The van der Waals surface area contributed by atoms with Gasteiger partial charge in [-0.25, -0.2) is 4.99 Å². The summed E-state index contributed by atoms with van der Waals surface area (Å²) < 4.78 is 0. The summed E-state index contributed by atoms with van der Waals surface area (Å²) in [5, 5.41) is 2.83. The number of carbonyl (C=O) groups excluding carboxylic acids is 1. The largest absolute Gasteiger partial charge is 0.352 e. The van der Waals surface area contributed by atoms with Crippen LogP contribution in [0.3, 0.4) is 0 Å². The highest BCUT2D eigenvalue weighted by Crippen LogP contribution is 1.88. The molecule has 0 bridgehead atoms. The quantitative estimate of drug-likeness (QED) is 0.552. The van der Waals surface area contributed by atoms with E-state index in [1.54, 1.807) is 17.4 Å². The van der Waals surface area contributed by atoms with E-state index >= 15 is 0 Å². The number of nitrogens with one attached hydrogen (secondary N) is 1. The molecule has 0 saturated heterocycles. The fraction of sp³-hybridized carbons (Fsp3) is 0.500. The molecule has 0 aliphatic rings. The molecule has 0 aromatic heterocycles. The van der Waals surface area contributed by atoms with Crippen LogP contribution in [0, 0.1) is 0 Å². The number of hydrogen-bond donors (Lipinski definition) is 1. The van der Waals surface area contributed by atoms with Crippen molar-refractivity contribution in [3.8, 4) is 0 Å². The van der Waals surface area contributed by atoms with Crippen LogP contribution < -0.4 is 5.32 Å². The van der Waals surface area contributed by atoms with E-state index in [4.69, 9.17) is 0 Å². The summed E-state index contributed by atoms with van der Waals surface area (Å²) >= 11 is 0. The fourth-order valence-corrected chi connectivity index (χ4v) is 1.07. The number of rotatable bonds is 6. The molecule has 0 aromatic carbocycles. The van der Waals surface area contributed by atoms with E-state index < -0.39 is 0 Å². The Bertz CT molecular complexity index is 280. The molecule has 16 heavy (non-hydrogen) atoms. The van der Waals surface area contributed by atoms with Crippen molar-refractivity contribution in [3.63, 3.8) is 0 Å². The van der Waals surface area contributed by atoms with Gasteiger partial charge in [0, 0.05) is 18.4 Å². The normalized spacial score (nSPS) is 12.1. The van der Waals surface area contributed by atoms with E-state index in [9.17, 15) is 4.79 Å². The standard InChI is InChI=1S/C12H21N3O/c1-5-7-13-10-15(8-6-2)9-12(16)14-11(3)4/h5-8,10-11H,9H2,1-4H3,(H,14,16)/b7-5+,8-6+,13-10?. The first-order chi connectivity index (χ1) is 7.60. The predicted molar refractivity (Wildman–Crippen MR) is 68.1 cm³/mol. The van der Waals surface area contributed by atoms with Crippen molar-refractivity contribution in [1.29, 1.82) is 0 Å². The summed E-state index contributed by atoms with van der Waals surface area (Å²) in [6.45, 7) is 7.95. The van der Waals surface area contributed by atoms with Gasteiger partial charge >= 0.3 is 0 Å². The third-order valence-corrected chi connectivity index (χ3v) is 1.57. The molecule has 90 valence electrons. The predicted octanol–water partition coefficient (Wildman–Crippen LogP) is 1.91. The van der Waals surface area contributed by atoms with Crippen molar-refractivity contribution in [2.24, 2.45) is 4.99 Å². The molecule has 0 fully saturated rings. The lowest BCUT2D eigenvalue weighted by Gasteiger charge is -2.15. The van der Waals surface area contributed by atoms with Crippen LogP contribution in [0.15, 0.2) is 29.5 Å². The Hall–Kier alpha value is -1.58. The first kappa shape index (κ1) is 14.4. The summed E-state index contributed by atoms with van der Waals surface area (Å²) in [5.74, 6) is -0.0139. The Morgan fingerprint density at radius 1 is 1.38 bits per heavy atom. The molecule has 0 aromatic rings. The van der Waals surface area contributed by atoms with Gasteiger partial charge in [0.05, 0.1) is 6.34 Å². The van der Waals surface area contributed by atoms with E-state index in [1.165, 1.54) is 0 Å². The second kappa shape index (κ2) is 8.71. The average molecular weight is 223 g/mol. The van der Waals surface area contributed by atoms with Crippen LogP contribution >= 0.6 is 0 Å². The molecule has 0 spiro atoms. The van der Waals surface area contributed by atoms with E-state index in [0.717, 1.165) is 0 Å². The van der Waals surface area contributed by atoms with Gasteiger partial charge in [0.25, 0.3) is 0 Å². The monoisotopic (exact) mass is 223 g/mol. The topological polar surface area (TPSA) is 44.7 Å². The van der Waals surface area contributed by atoms with Gasteiger partial charge in [-0.05, 0) is 27.7 Å². The molecular weight excluding hydrogens is 202 g/mol. The van der Waals surface area contributed by atoms with E-state index in [2.05, 4.69) is 10.3 Å². The first-order valence-corrected chi connectivity index (χ1v) is 5.42. The van der Waals surface area contributed by atoms with Crippen LogP contribution in [0.2, 0.25) is 0 Å². The minimum absolute atomic E-state index is 0.0139. The lowest BCUT2D eigenvalue weighted by Crippen LogP contribution is -2.37. The number of carbonyl (C=O) groups is 1. The first-order valence-electron chi connectivity index (χ1n) is 5.42. The molecule has 0 aliphatic carbocycles. The SMILES string of the molecule is C/C=C/N=CN(/C=C/C)CC(=O)NC(C)C. The third kappa shape index (κ3) is 7.79. The van der Waals surface area contributed by atoms with Crippen LogP contribution in [0.4, 0.5) is 0 Å². The Balaban J connectivity index is 4.27. The molecule has 0 radical (unpaired) electrons. The second-order valence-corrected chi connectivity index (χ2v) is 3.62. The minimum atomic E-state index is -0.0139. The molecule has 0 heterocycles. The van der Waals surface area contributed by atoms with Gasteiger partial charge in [0.15, 0.2) is 0 Å². The van der Waals surface area contributed by atoms with Gasteiger partial charge in [-0.1, -0.05) is 12.2 Å². The lowest BCUT2D eigenvalue weighted by atomic mass is 10.4. The van der Waals surface area contributed by atoms with Crippen molar-refractivity contribution in [2.45, 2.75) is 33.7 Å². The van der Waals surface area contributed by atoms with Crippen LogP contribution in [0.25, 0.3) is 0 Å². The number of hydrogen-bond acceptors (Lipinski definition) is 2. The average Bonchev–Trinajstić information content (AvgIpc) is 2.16. The summed E-state index contributed by atoms with van der Waals surface area (Å²) in [6, 6.07) is 0.160.